The number of rotatable bonds is 6. The van der Waals surface area contributed by atoms with Crippen molar-refractivity contribution < 1.29 is 14.3 Å². The zero-order valence-corrected chi connectivity index (χ0v) is 11.5. The third-order valence-corrected chi connectivity index (χ3v) is 2.53. The zero-order chi connectivity index (χ0) is 12.5. The molecule has 1 amide bonds. The van der Waals surface area contributed by atoms with Gasteiger partial charge in [-0.05, 0) is 5.56 Å². The number of carbonyl (C=O) groups is 2. The van der Waals surface area contributed by atoms with Gasteiger partial charge in [0.1, 0.15) is 13.2 Å². The second-order valence-corrected chi connectivity index (χ2v) is 4.44. The Labute approximate surface area is 114 Å². The molecule has 0 spiro atoms. The molecule has 1 rings (SSSR count). The SMILES string of the molecule is O=C(CCI)NCC(=O)OCc1ccccc1. The van der Waals surface area contributed by atoms with Gasteiger partial charge < -0.3 is 10.1 Å². The van der Waals surface area contributed by atoms with Crippen molar-refractivity contribution in [2.24, 2.45) is 0 Å². The lowest BCUT2D eigenvalue weighted by molar-refractivity contribution is -0.145. The molecule has 0 aromatic heterocycles. The third-order valence-electron chi connectivity index (χ3n) is 1.99. The number of hydrogen-bond donors (Lipinski definition) is 1. The number of nitrogens with one attached hydrogen (secondary N) is 1. The highest BCUT2D eigenvalue weighted by Crippen LogP contribution is 2.00. The quantitative estimate of drug-likeness (QED) is 0.484. The normalized spacial score (nSPS) is 9.71. The predicted molar refractivity (Wildman–Crippen MR) is 72.8 cm³/mol. The average molecular weight is 347 g/mol. The molecule has 4 nitrogen and oxygen atoms in total. The van der Waals surface area contributed by atoms with E-state index in [1.807, 2.05) is 30.3 Å². The molecule has 0 saturated carbocycles. The van der Waals surface area contributed by atoms with Crippen LogP contribution < -0.4 is 5.32 Å². The Morgan fingerprint density at radius 1 is 1.24 bits per heavy atom. The molecule has 0 aliphatic rings. The van der Waals surface area contributed by atoms with Gasteiger partial charge in [-0.15, -0.1) is 0 Å². The van der Waals surface area contributed by atoms with Crippen LogP contribution in [0.5, 0.6) is 0 Å². The first-order chi connectivity index (χ1) is 8.22. The minimum atomic E-state index is -0.421. The van der Waals surface area contributed by atoms with Crippen molar-refractivity contribution in [2.75, 3.05) is 11.0 Å². The van der Waals surface area contributed by atoms with Crippen LogP contribution in [0.15, 0.2) is 30.3 Å². The number of benzene rings is 1. The summed E-state index contributed by atoms with van der Waals surface area (Å²) >= 11 is 2.11. The maximum atomic E-state index is 11.3. The standard InChI is InChI=1S/C12H14INO3/c13-7-6-11(15)14-8-12(16)17-9-10-4-2-1-3-5-10/h1-5H,6-9H2,(H,14,15). The molecule has 92 valence electrons. The van der Waals surface area contributed by atoms with Crippen LogP contribution in [0.3, 0.4) is 0 Å². The van der Waals surface area contributed by atoms with Crippen LogP contribution in [0, 0.1) is 0 Å². The molecule has 0 saturated heterocycles. The average Bonchev–Trinajstić information content (AvgIpc) is 2.35. The molecule has 0 fully saturated rings. The van der Waals surface area contributed by atoms with Crippen LogP contribution in [0.2, 0.25) is 0 Å². The number of esters is 1. The smallest absolute Gasteiger partial charge is 0.325 e. The fraction of sp³-hybridized carbons (Fsp3) is 0.333. The van der Waals surface area contributed by atoms with Crippen LogP contribution in [-0.4, -0.2) is 22.8 Å². The summed E-state index contributed by atoms with van der Waals surface area (Å²) in [6.07, 6.45) is 0.423. The highest BCUT2D eigenvalue weighted by molar-refractivity contribution is 14.1. The Bertz CT molecular complexity index is 367. The van der Waals surface area contributed by atoms with Crippen molar-refractivity contribution in [2.45, 2.75) is 13.0 Å². The minimum absolute atomic E-state index is 0.0672. The summed E-state index contributed by atoms with van der Waals surface area (Å²) in [5.74, 6) is -0.549. The number of hydrogen-bond acceptors (Lipinski definition) is 3. The first-order valence-corrected chi connectivity index (χ1v) is 6.77. The van der Waals surface area contributed by atoms with Crippen molar-refractivity contribution in [1.29, 1.82) is 0 Å². The van der Waals surface area contributed by atoms with E-state index in [0.29, 0.717) is 6.42 Å². The molecule has 0 unspecified atom stereocenters. The number of carbonyl (C=O) groups excluding carboxylic acids is 2. The largest absolute Gasteiger partial charge is 0.460 e. The molecule has 1 aromatic carbocycles. The second-order valence-electron chi connectivity index (χ2n) is 3.36. The van der Waals surface area contributed by atoms with E-state index in [4.69, 9.17) is 4.74 Å². The van der Waals surface area contributed by atoms with E-state index in [1.165, 1.54) is 0 Å². The molecule has 0 aliphatic heterocycles. The first kappa shape index (κ1) is 14.0. The first-order valence-electron chi connectivity index (χ1n) is 5.24. The molecule has 0 atom stereocenters. The van der Waals surface area contributed by atoms with Gasteiger partial charge in [0.2, 0.25) is 5.91 Å². The van der Waals surface area contributed by atoms with E-state index < -0.39 is 5.97 Å². The Balaban J connectivity index is 2.20. The van der Waals surface area contributed by atoms with Gasteiger partial charge in [0.15, 0.2) is 0 Å². The van der Waals surface area contributed by atoms with Crippen LogP contribution in [0.4, 0.5) is 0 Å². The van der Waals surface area contributed by atoms with Gasteiger partial charge in [-0.25, -0.2) is 0 Å². The van der Waals surface area contributed by atoms with Crippen molar-refractivity contribution in [3.05, 3.63) is 35.9 Å². The molecule has 0 heterocycles. The lowest BCUT2D eigenvalue weighted by atomic mass is 10.2. The van der Waals surface area contributed by atoms with Crippen LogP contribution in [0.1, 0.15) is 12.0 Å². The summed E-state index contributed by atoms with van der Waals surface area (Å²) in [4.78, 5) is 22.4. The Kier molecular flexibility index (Phi) is 6.61. The van der Waals surface area contributed by atoms with Gasteiger partial charge >= 0.3 is 5.97 Å². The topological polar surface area (TPSA) is 55.4 Å². The highest BCUT2D eigenvalue weighted by Gasteiger charge is 2.05. The van der Waals surface area contributed by atoms with Gasteiger partial charge in [-0.3, -0.25) is 9.59 Å². The van der Waals surface area contributed by atoms with E-state index in [1.54, 1.807) is 0 Å². The van der Waals surface area contributed by atoms with E-state index in [2.05, 4.69) is 27.9 Å². The Hall–Kier alpha value is -1.11. The molecule has 17 heavy (non-hydrogen) atoms. The zero-order valence-electron chi connectivity index (χ0n) is 9.32. The van der Waals surface area contributed by atoms with E-state index in [9.17, 15) is 9.59 Å². The number of alkyl halides is 1. The lowest BCUT2D eigenvalue weighted by Crippen LogP contribution is -2.30. The maximum absolute atomic E-state index is 11.3. The summed E-state index contributed by atoms with van der Waals surface area (Å²) in [6.45, 7) is 0.171. The van der Waals surface area contributed by atoms with E-state index in [-0.39, 0.29) is 19.1 Å². The number of ether oxygens (including phenoxy) is 1. The van der Waals surface area contributed by atoms with Gasteiger partial charge in [0.05, 0.1) is 0 Å². The summed E-state index contributed by atoms with van der Waals surface area (Å²) in [7, 11) is 0. The van der Waals surface area contributed by atoms with E-state index in [0.717, 1.165) is 9.99 Å². The minimum Gasteiger partial charge on any atom is -0.460 e. The Morgan fingerprint density at radius 2 is 1.94 bits per heavy atom. The van der Waals surface area contributed by atoms with Crippen molar-refractivity contribution >= 4 is 34.5 Å². The summed E-state index contributed by atoms with van der Waals surface area (Å²) in [5, 5.41) is 2.50. The molecule has 0 aliphatic carbocycles. The highest BCUT2D eigenvalue weighted by atomic mass is 127. The number of amides is 1. The molecular formula is C12H14INO3. The monoisotopic (exact) mass is 347 g/mol. The summed E-state index contributed by atoms with van der Waals surface area (Å²) < 4.78 is 5.74. The van der Waals surface area contributed by atoms with Gasteiger partial charge in [0, 0.05) is 10.8 Å². The van der Waals surface area contributed by atoms with Crippen molar-refractivity contribution in [3.8, 4) is 0 Å². The Morgan fingerprint density at radius 3 is 2.59 bits per heavy atom. The summed E-state index contributed by atoms with van der Waals surface area (Å²) in [5.41, 5.74) is 0.930. The van der Waals surface area contributed by atoms with Crippen molar-refractivity contribution in [1.82, 2.24) is 5.32 Å². The van der Waals surface area contributed by atoms with Crippen molar-refractivity contribution in [3.63, 3.8) is 0 Å². The predicted octanol–water partition coefficient (Wildman–Crippen LogP) is 1.67. The lowest BCUT2D eigenvalue weighted by Gasteiger charge is -2.05. The third kappa shape index (κ3) is 6.25. The molecular weight excluding hydrogens is 333 g/mol. The molecule has 0 radical (unpaired) electrons. The van der Waals surface area contributed by atoms with E-state index >= 15 is 0 Å². The fourth-order valence-corrected chi connectivity index (χ4v) is 1.62. The maximum Gasteiger partial charge on any atom is 0.325 e. The number of halogens is 1. The fourth-order valence-electron chi connectivity index (χ4n) is 1.13. The van der Waals surface area contributed by atoms with Crippen LogP contribution in [-0.2, 0) is 20.9 Å². The van der Waals surface area contributed by atoms with Crippen LogP contribution >= 0.6 is 22.6 Å². The second kappa shape index (κ2) is 8.05. The molecule has 5 heteroatoms. The van der Waals surface area contributed by atoms with Gasteiger partial charge in [-0.1, -0.05) is 52.9 Å². The summed E-state index contributed by atoms with van der Waals surface area (Å²) in [6, 6.07) is 9.41. The van der Waals surface area contributed by atoms with Gasteiger partial charge in [-0.2, -0.15) is 0 Å². The molecule has 1 N–H and O–H groups in total. The molecule has 0 bridgehead atoms. The van der Waals surface area contributed by atoms with Gasteiger partial charge in [0.25, 0.3) is 0 Å². The van der Waals surface area contributed by atoms with Crippen LogP contribution in [0.25, 0.3) is 0 Å². The molecule has 1 aromatic rings.